The lowest BCUT2D eigenvalue weighted by molar-refractivity contribution is 0.632. The van der Waals surface area contributed by atoms with Gasteiger partial charge in [-0.2, -0.15) is 0 Å². The summed E-state index contributed by atoms with van der Waals surface area (Å²) in [5.74, 6) is 0. The highest BCUT2D eigenvalue weighted by molar-refractivity contribution is 9.10. The topological polar surface area (TPSA) is 12.0 Å². The minimum Gasteiger partial charge on any atom is -0.312 e. The van der Waals surface area contributed by atoms with Crippen molar-refractivity contribution in [3.63, 3.8) is 0 Å². The second kappa shape index (κ2) is 6.97. The number of benzene rings is 1. The summed E-state index contributed by atoms with van der Waals surface area (Å²) in [6, 6.07) is 8.41. The average molecular weight is 294 g/mol. The van der Waals surface area contributed by atoms with Gasteiger partial charge < -0.3 is 5.32 Å². The van der Waals surface area contributed by atoms with E-state index in [2.05, 4.69) is 51.6 Å². The standard InChI is InChI=1S/C15H20BrN/c16-15-9-5-4-8-14(15)12-17-11-10-13-6-2-1-3-7-13/h4-6,8-9,17H,1-3,7,10-12H2. The number of hydrogen-bond acceptors (Lipinski definition) is 1. The van der Waals surface area contributed by atoms with E-state index in [1.165, 1.54) is 42.1 Å². The predicted molar refractivity (Wildman–Crippen MR) is 77.0 cm³/mol. The molecular formula is C15H20BrN. The molecule has 0 spiro atoms. The van der Waals surface area contributed by atoms with Crippen LogP contribution in [0.15, 0.2) is 40.4 Å². The lowest BCUT2D eigenvalue weighted by Gasteiger charge is -2.13. The minimum atomic E-state index is 0.953. The Morgan fingerprint density at radius 1 is 1.18 bits per heavy atom. The molecule has 17 heavy (non-hydrogen) atoms. The fourth-order valence-corrected chi connectivity index (χ4v) is 2.67. The molecule has 0 saturated carbocycles. The van der Waals surface area contributed by atoms with Crippen LogP contribution in [0.2, 0.25) is 0 Å². The van der Waals surface area contributed by atoms with Crippen molar-refractivity contribution >= 4 is 15.9 Å². The van der Waals surface area contributed by atoms with E-state index in [0.717, 1.165) is 13.1 Å². The van der Waals surface area contributed by atoms with Crippen LogP contribution >= 0.6 is 15.9 Å². The fourth-order valence-electron chi connectivity index (χ4n) is 2.25. The Morgan fingerprint density at radius 2 is 2.06 bits per heavy atom. The van der Waals surface area contributed by atoms with Gasteiger partial charge in [-0.3, -0.25) is 0 Å². The molecule has 1 aromatic rings. The van der Waals surface area contributed by atoms with Gasteiger partial charge in [-0.1, -0.05) is 45.8 Å². The first-order chi connectivity index (χ1) is 8.36. The molecule has 0 heterocycles. The Bertz CT molecular complexity index is 384. The van der Waals surface area contributed by atoms with Crippen molar-refractivity contribution in [2.75, 3.05) is 6.54 Å². The quantitative estimate of drug-likeness (QED) is 0.626. The van der Waals surface area contributed by atoms with Gasteiger partial charge in [0, 0.05) is 11.0 Å². The van der Waals surface area contributed by atoms with Crippen LogP contribution in [0.3, 0.4) is 0 Å². The van der Waals surface area contributed by atoms with E-state index < -0.39 is 0 Å². The third-order valence-corrected chi connectivity index (χ3v) is 4.05. The average Bonchev–Trinajstić information content (AvgIpc) is 2.38. The monoisotopic (exact) mass is 293 g/mol. The van der Waals surface area contributed by atoms with Crippen LogP contribution in [-0.2, 0) is 6.54 Å². The molecule has 0 aliphatic heterocycles. The largest absolute Gasteiger partial charge is 0.312 e. The van der Waals surface area contributed by atoms with E-state index in [4.69, 9.17) is 0 Å². The van der Waals surface area contributed by atoms with Gasteiger partial charge in [-0.25, -0.2) is 0 Å². The van der Waals surface area contributed by atoms with Crippen molar-refractivity contribution in [3.05, 3.63) is 46.0 Å². The summed E-state index contributed by atoms with van der Waals surface area (Å²) in [5, 5.41) is 3.52. The number of halogens is 1. The molecule has 0 fully saturated rings. The van der Waals surface area contributed by atoms with Gasteiger partial charge in [0.15, 0.2) is 0 Å². The molecule has 92 valence electrons. The molecule has 1 aromatic carbocycles. The highest BCUT2D eigenvalue weighted by atomic mass is 79.9. The maximum atomic E-state index is 3.57. The van der Waals surface area contributed by atoms with Gasteiger partial charge in [0.05, 0.1) is 0 Å². The molecule has 1 nitrogen and oxygen atoms in total. The fraction of sp³-hybridized carbons (Fsp3) is 0.467. The number of rotatable bonds is 5. The molecule has 0 saturated heterocycles. The van der Waals surface area contributed by atoms with Crippen molar-refractivity contribution in [1.82, 2.24) is 5.32 Å². The van der Waals surface area contributed by atoms with Crippen LogP contribution in [0.25, 0.3) is 0 Å². The van der Waals surface area contributed by atoms with Crippen LogP contribution < -0.4 is 5.32 Å². The lowest BCUT2D eigenvalue weighted by atomic mass is 9.97. The molecule has 0 atom stereocenters. The summed E-state index contributed by atoms with van der Waals surface area (Å²) in [7, 11) is 0. The zero-order valence-corrected chi connectivity index (χ0v) is 11.8. The van der Waals surface area contributed by atoms with Crippen LogP contribution in [0, 0.1) is 0 Å². The molecule has 0 amide bonds. The molecule has 0 aromatic heterocycles. The Labute approximate surface area is 112 Å². The van der Waals surface area contributed by atoms with Gasteiger partial charge in [0.2, 0.25) is 0 Å². The second-order valence-corrected chi connectivity index (χ2v) is 5.48. The molecule has 1 N–H and O–H groups in total. The number of nitrogens with one attached hydrogen (secondary N) is 1. The van der Waals surface area contributed by atoms with Gasteiger partial charge in [-0.15, -0.1) is 0 Å². The van der Waals surface area contributed by atoms with Crippen LogP contribution in [-0.4, -0.2) is 6.54 Å². The summed E-state index contributed by atoms with van der Waals surface area (Å²) in [5.41, 5.74) is 2.99. The van der Waals surface area contributed by atoms with E-state index in [1.54, 1.807) is 5.57 Å². The first kappa shape index (κ1) is 12.8. The summed E-state index contributed by atoms with van der Waals surface area (Å²) < 4.78 is 1.20. The lowest BCUT2D eigenvalue weighted by Crippen LogP contribution is -2.15. The van der Waals surface area contributed by atoms with Crippen LogP contribution in [0.5, 0.6) is 0 Å². The first-order valence-corrected chi connectivity index (χ1v) is 7.27. The van der Waals surface area contributed by atoms with E-state index >= 15 is 0 Å². The second-order valence-electron chi connectivity index (χ2n) is 4.63. The van der Waals surface area contributed by atoms with Crippen molar-refractivity contribution in [2.45, 2.75) is 38.6 Å². The molecule has 0 bridgehead atoms. The molecule has 0 radical (unpaired) electrons. The van der Waals surface area contributed by atoms with Crippen molar-refractivity contribution in [2.24, 2.45) is 0 Å². The van der Waals surface area contributed by atoms with Gasteiger partial charge in [0.25, 0.3) is 0 Å². The Balaban J connectivity index is 1.69. The predicted octanol–water partition coefficient (Wildman–Crippen LogP) is 4.43. The SMILES string of the molecule is Brc1ccccc1CNCCC1=CCCCC1. The highest BCUT2D eigenvalue weighted by Crippen LogP contribution is 2.19. The van der Waals surface area contributed by atoms with Crippen LogP contribution in [0.4, 0.5) is 0 Å². The first-order valence-electron chi connectivity index (χ1n) is 6.48. The molecule has 1 aliphatic carbocycles. The van der Waals surface area contributed by atoms with E-state index in [9.17, 15) is 0 Å². The van der Waals surface area contributed by atoms with Crippen molar-refractivity contribution < 1.29 is 0 Å². The summed E-state index contributed by atoms with van der Waals surface area (Å²) >= 11 is 3.57. The molecule has 2 rings (SSSR count). The summed E-state index contributed by atoms with van der Waals surface area (Å²) in [4.78, 5) is 0. The zero-order chi connectivity index (χ0) is 11.9. The molecule has 1 aliphatic rings. The van der Waals surface area contributed by atoms with E-state index in [1.807, 2.05) is 0 Å². The maximum Gasteiger partial charge on any atom is 0.0220 e. The third-order valence-electron chi connectivity index (χ3n) is 3.28. The zero-order valence-electron chi connectivity index (χ0n) is 10.2. The van der Waals surface area contributed by atoms with Gasteiger partial charge in [-0.05, 0) is 50.3 Å². The third kappa shape index (κ3) is 4.29. The van der Waals surface area contributed by atoms with E-state index in [-0.39, 0.29) is 0 Å². The smallest absolute Gasteiger partial charge is 0.0220 e. The highest BCUT2D eigenvalue weighted by Gasteiger charge is 2.03. The summed E-state index contributed by atoms with van der Waals surface area (Å²) in [6.07, 6.45) is 9.02. The normalized spacial score (nSPS) is 15.7. The molecular weight excluding hydrogens is 274 g/mol. The van der Waals surface area contributed by atoms with Gasteiger partial charge in [0.1, 0.15) is 0 Å². The Kier molecular flexibility index (Phi) is 5.27. The van der Waals surface area contributed by atoms with Gasteiger partial charge >= 0.3 is 0 Å². The minimum absolute atomic E-state index is 0.953. The molecule has 0 unspecified atom stereocenters. The number of hydrogen-bond donors (Lipinski definition) is 1. The number of allylic oxidation sites excluding steroid dienone is 1. The van der Waals surface area contributed by atoms with Crippen molar-refractivity contribution in [1.29, 1.82) is 0 Å². The Morgan fingerprint density at radius 3 is 2.82 bits per heavy atom. The Hall–Kier alpha value is -0.600. The maximum absolute atomic E-state index is 3.57. The summed E-state index contributed by atoms with van der Waals surface area (Å²) in [6.45, 7) is 2.04. The van der Waals surface area contributed by atoms with E-state index in [0.29, 0.717) is 0 Å². The van der Waals surface area contributed by atoms with Crippen LogP contribution in [0.1, 0.15) is 37.7 Å². The van der Waals surface area contributed by atoms with Crippen molar-refractivity contribution in [3.8, 4) is 0 Å². The molecule has 2 heteroatoms.